The molecule has 23 heavy (non-hydrogen) atoms. The molecule has 0 saturated carbocycles. The van der Waals surface area contributed by atoms with Crippen LogP contribution < -0.4 is 5.32 Å². The Balaban J connectivity index is 0.00000132. The standard InChI is InChI=1S/C16H21N3O2.2ClH/c1-10(2)19-6-5-13(9-19)17-12-3-4-14-11(7-12)8-15(18-14)16(20)21;;/h3-4,7-8,10,13,17-18H,5-6,9H2,1-2H3,(H,20,21);2*1H. The smallest absolute Gasteiger partial charge is 0.352 e. The van der Waals surface area contributed by atoms with Crippen molar-refractivity contribution in [2.75, 3.05) is 18.4 Å². The summed E-state index contributed by atoms with van der Waals surface area (Å²) in [5.41, 5.74) is 2.14. The first kappa shape index (κ1) is 19.6. The number of anilines is 1. The lowest BCUT2D eigenvalue weighted by Gasteiger charge is -2.20. The van der Waals surface area contributed by atoms with Gasteiger partial charge in [0, 0.05) is 41.8 Å². The number of carboxylic acid groups (broad SMARTS) is 1. The zero-order valence-corrected chi connectivity index (χ0v) is 14.8. The van der Waals surface area contributed by atoms with Crippen LogP contribution in [-0.2, 0) is 0 Å². The van der Waals surface area contributed by atoms with Crippen LogP contribution in [-0.4, -0.2) is 46.1 Å². The number of halogens is 2. The maximum absolute atomic E-state index is 11.0. The first-order valence-corrected chi connectivity index (χ1v) is 7.39. The maximum Gasteiger partial charge on any atom is 0.352 e. The van der Waals surface area contributed by atoms with E-state index in [1.807, 2.05) is 18.2 Å². The van der Waals surface area contributed by atoms with Gasteiger partial charge in [-0.2, -0.15) is 0 Å². The van der Waals surface area contributed by atoms with E-state index in [1.165, 1.54) is 0 Å². The van der Waals surface area contributed by atoms with E-state index in [0.29, 0.717) is 12.1 Å². The second-order valence-corrected chi connectivity index (χ2v) is 6.01. The van der Waals surface area contributed by atoms with Gasteiger partial charge in [0.15, 0.2) is 0 Å². The number of likely N-dealkylation sites (tertiary alicyclic amines) is 1. The molecule has 1 aliphatic heterocycles. The van der Waals surface area contributed by atoms with E-state index in [9.17, 15) is 4.79 Å². The number of benzene rings is 1. The van der Waals surface area contributed by atoms with E-state index in [-0.39, 0.29) is 30.5 Å². The molecule has 0 radical (unpaired) electrons. The Kier molecular flexibility index (Phi) is 6.74. The molecule has 2 aromatic rings. The molecular formula is C16H23Cl2N3O2. The first-order valence-electron chi connectivity index (χ1n) is 7.39. The SMILES string of the molecule is CC(C)N1CCC(Nc2ccc3[nH]c(C(=O)O)cc3c2)C1.Cl.Cl. The molecule has 3 N–H and O–H groups in total. The van der Waals surface area contributed by atoms with Crippen LogP contribution in [0.25, 0.3) is 10.9 Å². The highest BCUT2D eigenvalue weighted by Gasteiger charge is 2.23. The molecule has 1 aliphatic rings. The van der Waals surface area contributed by atoms with Crippen molar-refractivity contribution in [3.05, 3.63) is 30.0 Å². The van der Waals surface area contributed by atoms with Crippen LogP contribution in [0.2, 0.25) is 0 Å². The molecule has 1 atom stereocenters. The third kappa shape index (κ3) is 4.31. The van der Waals surface area contributed by atoms with Gasteiger partial charge in [0.25, 0.3) is 0 Å². The van der Waals surface area contributed by atoms with E-state index in [1.54, 1.807) is 6.07 Å². The highest BCUT2D eigenvalue weighted by Crippen LogP contribution is 2.23. The van der Waals surface area contributed by atoms with Crippen LogP contribution in [0.1, 0.15) is 30.8 Å². The summed E-state index contributed by atoms with van der Waals surface area (Å²) in [7, 11) is 0. The fourth-order valence-electron chi connectivity index (χ4n) is 2.95. The number of rotatable bonds is 4. The minimum atomic E-state index is -0.927. The minimum absolute atomic E-state index is 0. The van der Waals surface area contributed by atoms with Crippen LogP contribution in [0.5, 0.6) is 0 Å². The minimum Gasteiger partial charge on any atom is -0.477 e. The monoisotopic (exact) mass is 359 g/mol. The number of nitrogens with zero attached hydrogens (tertiary/aromatic N) is 1. The Hall–Kier alpha value is -1.43. The summed E-state index contributed by atoms with van der Waals surface area (Å²) in [6.45, 7) is 6.64. The number of H-pyrrole nitrogens is 1. The van der Waals surface area contributed by atoms with Crippen molar-refractivity contribution in [2.24, 2.45) is 0 Å². The lowest BCUT2D eigenvalue weighted by molar-refractivity contribution is 0.0691. The molecule has 128 valence electrons. The second kappa shape index (κ2) is 7.90. The number of aromatic amines is 1. The Labute approximate surface area is 148 Å². The zero-order chi connectivity index (χ0) is 15.0. The summed E-state index contributed by atoms with van der Waals surface area (Å²) in [5.74, 6) is -0.927. The van der Waals surface area contributed by atoms with Crippen LogP contribution in [0.4, 0.5) is 5.69 Å². The van der Waals surface area contributed by atoms with Gasteiger partial charge in [-0.3, -0.25) is 4.90 Å². The third-order valence-corrected chi connectivity index (χ3v) is 4.17. The number of hydrogen-bond acceptors (Lipinski definition) is 3. The number of aromatic nitrogens is 1. The van der Waals surface area contributed by atoms with Gasteiger partial charge in [0.2, 0.25) is 0 Å². The summed E-state index contributed by atoms with van der Waals surface area (Å²) in [6, 6.07) is 8.67. The van der Waals surface area contributed by atoms with Crippen molar-refractivity contribution < 1.29 is 9.90 Å². The summed E-state index contributed by atoms with van der Waals surface area (Å²) < 4.78 is 0. The molecule has 3 rings (SSSR count). The number of nitrogens with one attached hydrogen (secondary N) is 2. The van der Waals surface area contributed by atoms with Gasteiger partial charge in [0.05, 0.1) is 0 Å². The van der Waals surface area contributed by atoms with Gasteiger partial charge < -0.3 is 15.4 Å². The van der Waals surface area contributed by atoms with Gasteiger partial charge in [-0.1, -0.05) is 0 Å². The van der Waals surface area contributed by atoms with Crippen molar-refractivity contribution >= 4 is 47.4 Å². The van der Waals surface area contributed by atoms with Gasteiger partial charge in [-0.05, 0) is 44.5 Å². The fourth-order valence-corrected chi connectivity index (χ4v) is 2.95. The zero-order valence-electron chi connectivity index (χ0n) is 13.2. The van der Waals surface area contributed by atoms with Crippen molar-refractivity contribution in [3.8, 4) is 0 Å². The predicted molar refractivity (Wildman–Crippen MR) is 98.5 cm³/mol. The van der Waals surface area contributed by atoms with Gasteiger partial charge in [-0.15, -0.1) is 24.8 Å². The molecule has 1 fully saturated rings. The number of hydrogen-bond donors (Lipinski definition) is 3. The summed E-state index contributed by atoms with van der Waals surface area (Å²) in [5, 5.41) is 13.5. The normalized spacial score (nSPS) is 17.8. The summed E-state index contributed by atoms with van der Waals surface area (Å²) in [6.07, 6.45) is 1.14. The molecule has 1 aromatic carbocycles. The number of aromatic carboxylic acids is 1. The second-order valence-electron chi connectivity index (χ2n) is 6.01. The van der Waals surface area contributed by atoms with E-state index < -0.39 is 5.97 Å². The summed E-state index contributed by atoms with van der Waals surface area (Å²) in [4.78, 5) is 16.4. The molecule has 5 nitrogen and oxygen atoms in total. The Morgan fingerprint density at radius 3 is 2.70 bits per heavy atom. The highest BCUT2D eigenvalue weighted by atomic mass is 35.5. The average molecular weight is 360 g/mol. The van der Waals surface area contributed by atoms with E-state index in [4.69, 9.17) is 5.11 Å². The van der Waals surface area contributed by atoms with Crippen molar-refractivity contribution in [1.82, 2.24) is 9.88 Å². The van der Waals surface area contributed by atoms with Crippen molar-refractivity contribution in [3.63, 3.8) is 0 Å². The summed E-state index contributed by atoms with van der Waals surface area (Å²) >= 11 is 0. The third-order valence-electron chi connectivity index (χ3n) is 4.17. The van der Waals surface area contributed by atoms with Crippen LogP contribution in [0.15, 0.2) is 24.3 Å². The molecule has 2 heterocycles. The Morgan fingerprint density at radius 1 is 1.35 bits per heavy atom. The van der Waals surface area contributed by atoms with Crippen LogP contribution >= 0.6 is 24.8 Å². The fraction of sp³-hybridized carbons (Fsp3) is 0.438. The maximum atomic E-state index is 11.0. The molecule has 0 bridgehead atoms. The average Bonchev–Trinajstić information content (AvgIpc) is 3.04. The molecule has 1 saturated heterocycles. The first-order chi connectivity index (χ1) is 10.0. The van der Waals surface area contributed by atoms with Crippen molar-refractivity contribution in [1.29, 1.82) is 0 Å². The van der Waals surface area contributed by atoms with Gasteiger partial charge in [-0.25, -0.2) is 4.79 Å². The number of carbonyl (C=O) groups is 1. The van der Waals surface area contributed by atoms with Gasteiger partial charge >= 0.3 is 5.97 Å². The lowest BCUT2D eigenvalue weighted by Crippen LogP contribution is -2.31. The van der Waals surface area contributed by atoms with Gasteiger partial charge in [0.1, 0.15) is 5.69 Å². The molecule has 0 spiro atoms. The lowest BCUT2D eigenvalue weighted by atomic mass is 10.2. The quantitative estimate of drug-likeness (QED) is 0.779. The van der Waals surface area contributed by atoms with E-state index >= 15 is 0 Å². The highest BCUT2D eigenvalue weighted by molar-refractivity contribution is 5.94. The number of fused-ring (bicyclic) bond motifs is 1. The molecule has 1 aromatic heterocycles. The molecule has 0 amide bonds. The Morgan fingerprint density at radius 2 is 2.09 bits per heavy atom. The Bertz CT molecular complexity index is 672. The predicted octanol–water partition coefficient (Wildman–Crippen LogP) is 3.60. The largest absolute Gasteiger partial charge is 0.477 e. The number of carboxylic acids is 1. The van der Waals surface area contributed by atoms with Crippen molar-refractivity contribution in [2.45, 2.75) is 32.4 Å². The van der Waals surface area contributed by atoms with E-state index in [2.05, 4.69) is 29.0 Å². The molecule has 0 aliphatic carbocycles. The molecular weight excluding hydrogens is 337 g/mol. The van der Waals surface area contributed by atoms with Crippen LogP contribution in [0, 0.1) is 0 Å². The van der Waals surface area contributed by atoms with E-state index in [0.717, 1.165) is 36.1 Å². The molecule has 7 heteroatoms. The topological polar surface area (TPSA) is 68.4 Å². The van der Waals surface area contributed by atoms with Crippen LogP contribution in [0.3, 0.4) is 0 Å². The molecule has 1 unspecified atom stereocenters.